The third kappa shape index (κ3) is 6.10. The first kappa shape index (κ1) is 12.9. The molecule has 0 N–H and O–H groups in total. The van der Waals surface area contributed by atoms with Crippen molar-refractivity contribution in [3.63, 3.8) is 0 Å². The first-order chi connectivity index (χ1) is 6.33. The minimum absolute atomic E-state index is 0.238. The van der Waals surface area contributed by atoms with Crippen LogP contribution in [0.2, 0.25) is 6.04 Å². The summed E-state index contributed by atoms with van der Waals surface area (Å²) in [6.45, 7) is 0. The summed E-state index contributed by atoms with van der Waals surface area (Å²) in [6, 6.07) is 12.5. The van der Waals surface area contributed by atoms with E-state index < -0.39 is 0 Å². The van der Waals surface area contributed by atoms with E-state index in [1.807, 2.05) is 0 Å². The Morgan fingerprint density at radius 1 is 1.31 bits per heavy atom. The van der Waals surface area contributed by atoms with E-state index in [2.05, 4.69) is 73.9 Å². The van der Waals surface area contributed by atoms with Crippen LogP contribution in [0.3, 0.4) is 0 Å². The third-order valence-electron chi connectivity index (χ3n) is 1.72. The number of aryl methyl sites for hydroxylation is 1. The third-order valence-corrected chi connectivity index (χ3v) is 59.8. The maximum absolute atomic E-state index is 2.79. The second kappa shape index (κ2) is 8.05. The average molecular weight is 545 g/mol. The van der Waals surface area contributed by atoms with Gasteiger partial charge >= 0.3 is 120 Å². The van der Waals surface area contributed by atoms with Gasteiger partial charge in [0.2, 0.25) is 0 Å². The summed E-state index contributed by atoms with van der Waals surface area (Å²) in [7, 11) is 0. The Morgan fingerprint density at radius 3 is 2.62 bits per heavy atom. The molecule has 0 aliphatic carbocycles. The van der Waals surface area contributed by atoms with Gasteiger partial charge in [0.1, 0.15) is 0 Å². The molecule has 13 heavy (non-hydrogen) atoms. The van der Waals surface area contributed by atoms with Crippen molar-refractivity contribution in [3.05, 3.63) is 35.9 Å². The fourth-order valence-electron chi connectivity index (χ4n) is 1.06. The number of hydrogen-bond acceptors (Lipinski definition) is 0. The molecule has 0 aliphatic heterocycles. The van der Waals surface area contributed by atoms with Crippen molar-refractivity contribution in [2.45, 2.75) is 12.5 Å². The van der Waals surface area contributed by atoms with Gasteiger partial charge in [-0.15, -0.1) is 0 Å². The Morgan fingerprint density at radius 2 is 2.00 bits per heavy atom. The molecule has 0 bridgehead atoms. The molecule has 0 heterocycles. The van der Waals surface area contributed by atoms with Crippen molar-refractivity contribution < 1.29 is 19.6 Å². The molecule has 0 aliphatic rings. The molecular weight excluding hydrogens is 533 g/mol. The molecule has 0 saturated heterocycles. The van der Waals surface area contributed by atoms with Gasteiger partial charge in [-0.2, -0.15) is 0 Å². The van der Waals surface area contributed by atoms with Crippen LogP contribution in [0.25, 0.3) is 0 Å². The van der Waals surface area contributed by atoms with Gasteiger partial charge in [-0.3, -0.25) is 0 Å². The van der Waals surface area contributed by atoms with Crippen molar-refractivity contribution in [1.82, 2.24) is 0 Å². The van der Waals surface area contributed by atoms with Gasteiger partial charge in [-0.25, -0.2) is 0 Å². The van der Waals surface area contributed by atoms with E-state index in [-0.39, 0.29) is 3.79 Å². The van der Waals surface area contributed by atoms with Crippen LogP contribution in [0.4, 0.5) is 0 Å². The van der Waals surface area contributed by atoms with E-state index in [1.54, 1.807) is 0 Å². The minimum atomic E-state index is -0.238. The topological polar surface area (TPSA) is 0 Å². The van der Waals surface area contributed by atoms with Crippen LogP contribution in [0.5, 0.6) is 0 Å². The zero-order valence-electron chi connectivity index (χ0n) is 7.22. The van der Waals surface area contributed by atoms with Gasteiger partial charge in [0, 0.05) is 0 Å². The molecule has 0 nitrogen and oxygen atoms in total. The molecule has 0 saturated carbocycles. The standard InChI is InChI=1S/C8H12I3Si2/c9-12-11-13(10)7-6-8-4-2-1-3-5-8/h1-5,13H,6-7,12H2/q-1. The fourth-order valence-corrected chi connectivity index (χ4v) is 84.6. The monoisotopic (exact) mass is 545 g/mol. The number of halogens is 3. The Balaban J connectivity index is 2.27. The molecule has 74 valence electrons. The van der Waals surface area contributed by atoms with Crippen LogP contribution in [0.15, 0.2) is 30.3 Å². The Labute approximate surface area is 118 Å². The molecule has 1 unspecified atom stereocenters. The predicted molar refractivity (Wildman–Crippen MR) is 78.7 cm³/mol. The maximum atomic E-state index is 2.79. The van der Waals surface area contributed by atoms with E-state index in [0.717, 1.165) is 19.6 Å². The normalized spacial score (nSPS) is 14.0. The van der Waals surface area contributed by atoms with Gasteiger partial charge in [0.25, 0.3) is 0 Å². The quantitative estimate of drug-likeness (QED) is 0.264. The average Bonchev–Trinajstić information content (AvgIpc) is 2.17. The summed E-state index contributed by atoms with van der Waals surface area (Å²) in [5, 5.41) is 0. The summed E-state index contributed by atoms with van der Waals surface area (Å²) < 4.78 is 0.163. The van der Waals surface area contributed by atoms with E-state index in [4.69, 9.17) is 0 Å². The number of hydrogen-bond donors (Lipinski definition) is 0. The Bertz CT molecular complexity index is 230. The molecule has 0 amide bonds. The second-order valence-electron chi connectivity index (χ2n) is 2.67. The van der Waals surface area contributed by atoms with Gasteiger partial charge in [-0.05, 0) is 0 Å². The summed E-state index contributed by atoms with van der Waals surface area (Å²) in [5.74, 6) is 0. The molecule has 0 spiro atoms. The van der Waals surface area contributed by atoms with Crippen molar-refractivity contribution in [2.24, 2.45) is 0 Å². The summed E-state index contributed by atoms with van der Waals surface area (Å²) in [5.41, 5.74) is 1.54. The van der Waals surface area contributed by atoms with Crippen molar-refractivity contribution in [2.75, 3.05) is 0 Å². The van der Waals surface area contributed by atoms with Gasteiger partial charge in [-0.1, -0.05) is 0 Å². The molecular formula is C8H12I3Si2-. The predicted octanol–water partition coefficient (Wildman–Crippen LogP) is -0.593. The first-order valence-electron chi connectivity index (χ1n) is 4.14. The summed E-state index contributed by atoms with van der Waals surface area (Å²) >= 11 is 6.18. The van der Waals surface area contributed by atoms with Crippen LogP contribution in [0, 0.1) is 0 Å². The van der Waals surface area contributed by atoms with Crippen LogP contribution < -0.4 is 19.6 Å². The van der Waals surface area contributed by atoms with E-state index >= 15 is 0 Å². The molecule has 0 radical (unpaired) electrons. The molecule has 1 atom stereocenters. The summed E-state index contributed by atoms with van der Waals surface area (Å²) in [6.07, 6.45) is 1.34. The van der Waals surface area contributed by atoms with Crippen LogP contribution in [-0.4, -0.2) is 8.30 Å². The zero-order chi connectivity index (χ0) is 9.52. The van der Waals surface area contributed by atoms with E-state index in [9.17, 15) is 0 Å². The number of rotatable bonds is 5. The van der Waals surface area contributed by atoms with Crippen LogP contribution in [-0.2, 0) is 6.42 Å². The van der Waals surface area contributed by atoms with Crippen molar-refractivity contribution in [3.8, 4) is 0 Å². The molecule has 0 aromatic heterocycles. The molecule has 0 fully saturated rings. The molecule has 1 aromatic carbocycles. The van der Waals surface area contributed by atoms with Gasteiger partial charge in [0.05, 0.1) is 0 Å². The SMILES string of the molecule is I[SiH2][I-][SiH](I)CCc1ccccc1. The van der Waals surface area contributed by atoms with E-state index in [1.165, 1.54) is 18.0 Å². The first-order valence-corrected chi connectivity index (χ1v) is 23.5. The summed E-state index contributed by atoms with van der Waals surface area (Å²) in [4.78, 5) is 0. The van der Waals surface area contributed by atoms with Gasteiger partial charge < -0.3 is 0 Å². The molecule has 1 rings (SSSR count). The van der Waals surface area contributed by atoms with Crippen molar-refractivity contribution >= 4 is 51.9 Å². The van der Waals surface area contributed by atoms with Crippen molar-refractivity contribution in [1.29, 1.82) is 0 Å². The number of benzene rings is 1. The zero-order valence-corrected chi connectivity index (χ0v) is 16.3. The van der Waals surface area contributed by atoms with Crippen LogP contribution in [0.1, 0.15) is 5.56 Å². The van der Waals surface area contributed by atoms with Crippen LogP contribution >= 0.6 is 43.6 Å². The second-order valence-corrected chi connectivity index (χ2v) is 42.9. The molecule has 5 heteroatoms. The van der Waals surface area contributed by atoms with Gasteiger partial charge in [0.15, 0.2) is 0 Å². The Kier molecular flexibility index (Phi) is 7.99. The van der Waals surface area contributed by atoms with E-state index in [0.29, 0.717) is 4.51 Å². The fraction of sp³-hybridized carbons (Fsp3) is 0.250. The molecule has 1 aromatic rings. The Hall–Kier alpha value is 1.84.